The van der Waals surface area contributed by atoms with Crippen LogP contribution in [0.3, 0.4) is 0 Å². The van der Waals surface area contributed by atoms with Gasteiger partial charge in [-0.15, -0.1) is 0 Å². The van der Waals surface area contributed by atoms with E-state index < -0.39 is 0 Å². The molecule has 0 bridgehead atoms. The molecule has 2 aromatic heterocycles. The second-order valence-electron chi connectivity index (χ2n) is 5.43. The fraction of sp³-hybridized carbons (Fsp3) is 0.467. The Morgan fingerprint density at radius 1 is 1.52 bits per heavy atom. The zero-order valence-electron chi connectivity index (χ0n) is 12.9. The Morgan fingerprint density at radius 3 is 3.17 bits per heavy atom. The summed E-state index contributed by atoms with van der Waals surface area (Å²) < 4.78 is 10.7. The second kappa shape index (κ2) is 7.19. The van der Waals surface area contributed by atoms with Gasteiger partial charge in [0.1, 0.15) is 6.10 Å². The molecule has 1 atom stereocenters. The number of amides is 2. The van der Waals surface area contributed by atoms with Gasteiger partial charge in [-0.3, -0.25) is 4.98 Å². The van der Waals surface area contributed by atoms with E-state index >= 15 is 0 Å². The van der Waals surface area contributed by atoms with Crippen LogP contribution in [0, 0.1) is 0 Å². The first-order valence-corrected chi connectivity index (χ1v) is 7.54. The molecule has 1 saturated heterocycles. The van der Waals surface area contributed by atoms with E-state index in [0.29, 0.717) is 18.3 Å². The maximum Gasteiger partial charge on any atom is 0.317 e. The van der Waals surface area contributed by atoms with E-state index in [-0.39, 0.29) is 18.7 Å². The van der Waals surface area contributed by atoms with E-state index in [1.54, 1.807) is 24.3 Å². The van der Waals surface area contributed by atoms with Gasteiger partial charge in [-0.1, -0.05) is 11.2 Å². The van der Waals surface area contributed by atoms with E-state index in [2.05, 4.69) is 20.4 Å². The lowest BCUT2D eigenvalue weighted by molar-refractivity contribution is 0.0835. The molecule has 0 saturated carbocycles. The molecule has 0 radical (unpaired) electrons. The Bertz CT molecular complexity index is 640. The second-order valence-corrected chi connectivity index (χ2v) is 5.43. The lowest BCUT2D eigenvalue weighted by Gasteiger charge is -2.17. The fourth-order valence-electron chi connectivity index (χ4n) is 2.37. The molecule has 1 fully saturated rings. The van der Waals surface area contributed by atoms with Crippen LogP contribution in [0.25, 0.3) is 0 Å². The zero-order valence-corrected chi connectivity index (χ0v) is 12.9. The maximum atomic E-state index is 12.1. The van der Waals surface area contributed by atoms with E-state index in [9.17, 15) is 4.79 Å². The summed E-state index contributed by atoms with van der Waals surface area (Å²) in [6.07, 6.45) is 5.21. The zero-order chi connectivity index (χ0) is 16.1. The van der Waals surface area contributed by atoms with E-state index in [1.165, 1.54) is 0 Å². The van der Waals surface area contributed by atoms with Crippen LogP contribution in [-0.4, -0.2) is 39.7 Å². The lowest BCUT2D eigenvalue weighted by atomic mass is 10.2. The number of ether oxygens (including phenoxy) is 1. The largest absolute Gasteiger partial charge is 0.368 e. The number of nitrogens with zero attached hydrogens (tertiary/aromatic N) is 4. The Labute approximate surface area is 133 Å². The van der Waals surface area contributed by atoms with Crippen molar-refractivity contribution in [1.29, 1.82) is 0 Å². The number of urea groups is 1. The van der Waals surface area contributed by atoms with Gasteiger partial charge < -0.3 is 19.5 Å². The molecule has 0 aromatic carbocycles. The van der Waals surface area contributed by atoms with Gasteiger partial charge in [-0.25, -0.2) is 4.79 Å². The monoisotopic (exact) mass is 317 g/mol. The first kappa shape index (κ1) is 15.4. The lowest BCUT2D eigenvalue weighted by Crippen LogP contribution is -2.36. The number of hydrogen-bond acceptors (Lipinski definition) is 6. The number of aromatic nitrogens is 3. The van der Waals surface area contributed by atoms with Crippen molar-refractivity contribution in [3.05, 3.63) is 41.8 Å². The fourth-order valence-corrected chi connectivity index (χ4v) is 2.37. The highest BCUT2D eigenvalue weighted by Gasteiger charge is 2.23. The highest BCUT2D eigenvalue weighted by molar-refractivity contribution is 5.73. The first-order chi connectivity index (χ1) is 11.2. The molecule has 0 unspecified atom stereocenters. The van der Waals surface area contributed by atoms with E-state index in [4.69, 9.17) is 9.26 Å². The topological polar surface area (TPSA) is 93.4 Å². The maximum absolute atomic E-state index is 12.1. The summed E-state index contributed by atoms with van der Waals surface area (Å²) >= 11 is 0. The normalized spacial score (nSPS) is 17.2. The average molecular weight is 317 g/mol. The Kier molecular flexibility index (Phi) is 4.82. The molecule has 2 aromatic rings. The van der Waals surface area contributed by atoms with Crippen molar-refractivity contribution < 1.29 is 14.1 Å². The smallest absolute Gasteiger partial charge is 0.317 e. The standard InChI is InChI=1S/C15H19N5O3/c1-20(10-11-4-2-6-16-8-11)15(21)17-9-13-18-14(23-19-13)12-5-3-7-22-12/h2,4,6,8,12H,3,5,7,9-10H2,1H3,(H,17,21)/t12-/m1/s1. The molecule has 8 nitrogen and oxygen atoms in total. The van der Waals surface area contributed by atoms with Crippen LogP contribution in [0.15, 0.2) is 29.0 Å². The van der Waals surface area contributed by atoms with Crippen molar-refractivity contribution in [3.8, 4) is 0 Å². The molecule has 1 aliphatic rings. The number of pyridine rings is 1. The molecule has 8 heteroatoms. The number of rotatable bonds is 5. The molecular weight excluding hydrogens is 298 g/mol. The average Bonchev–Trinajstić information content (AvgIpc) is 3.24. The number of hydrogen-bond donors (Lipinski definition) is 1. The van der Waals surface area contributed by atoms with Crippen LogP contribution in [-0.2, 0) is 17.8 Å². The van der Waals surface area contributed by atoms with Gasteiger partial charge in [0.15, 0.2) is 5.82 Å². The molecular formula is C15H19N5O3. The van der Waals surface area contributed by atoms with Crippen LogP contribution in [0.4, 0.5) is 4.79 Å². The van der Waals surface area contributed by atoms with Crippen molar-refractivity contribution in [1.82, 2.24) is 25.3 Å². The van der Waals surface area contributed by atoms with E-state index in [1.807, 2.05) is 12.1 Å². The van der Waals surface area contributed by atoms with Gasteiger partial charge in [-0.05, 0) is 24.5 Å². The summed E-state index contributed by atoms with van der Waals surface area (Å²) in [5.74, 6) is 0.925. The van der Waals surface area contributed by atoms with Crippen LogP contribution < -0.4 is 5.32 Å². The van der Waals surface area contributed by atoms with Gasteiger partial charge >= 0.3 is 6.03 Å². The number of carbonyl (C=O) groups is 1. The van der Waals surface area contributed by atoms with Crippen molar-refractivity contribution in [2.45, 2.75) is 32.0 Å². The van der Waals surface area contributed by atoms with Crippen molar-refractivity contribution in [3.63, 3.8) is 0 Å². The third kappa shape index (κ3) is 4.04. The Morgan fingerprint density at radius 2 is 2.43 bits per heavy atom. The summed E-state index contributed by atoms with van der Waals surface area (Å²) in [7, 11) is 1.72. The third-order valence-corrected chi connectivity index (χ3v) is 3.58. The number of nitrogens with one attached hydrogen (secondary N) is 1. The van der Waals surface area contributed by atoms with Gasteiger partial charge in [-0.2, -0.15) is 4.98 Å². The van der Waals surface area contributed by atoms with Crippen molar-refractivity contribution in [2.75, 3.05) is 13.7 Å². The Balaban J connectivity index is 1.48. The van der Waals surface area contributed by atoms with Crippen LogP contribution in [0.1, 0.15) is 36.2 Å². The molecule has 23 heavy (non-hydrogen) atoms. The number of carbonyl (C=O) groups excluding carboxylic acids is 1. The summed E-state index contributed by atoms with van der Waals surface area (Å²) in [5, 5.41) is 6.63. The van der Waals surface area contributed by atoms with E-state index in [0.717, 1.165) is 25.0 Å². The minimum absolute atomic E-state index is 0.111. The highest BCUT2D eigenvalue weighted by atomic mass is 16.5. The predicted octanol–water partition coefficient (Wildman–Crippen LogP) is 1.66. The SMILES string of the molecule is CN(Cc1cccnc1)C(=O)NCc1noc([C@H]2CCCO2)n1. The van der Waals surface area contributed by atoms with Gasteiger partial charge in [0.2, 0.25) is 0 Å². The molecule has 0 spiro atoms. The van der Waals surface area contributed by atoms with Gasteiger partial charge in [0.25, 0.3) is 5.89 Å². The highest BCUT2D eigenvalue weighted by Crippen LogP contribution is 2.26. The van der Waals surface area contributed by atoms with Gasteiger partial charge in [0.05, 0.1) is 6.54 Å². The minimum atomic E-state index is -0.211. The molecule has 3 rings (SSSR count). The first-order valence-electron chi connectivity index (χ1n) is 7.54. The van der Waals surface area contributed by atoms with Crippen LogP contribution >= 0.6 is 0 Å². The molecule has 2 amide bonds. The molecule has 3 heterocycles. The van der Waals surface area contributed by atoms with Crippen molar-refractivity contribution >= 4 is 6.03 Å². The third-order valence-electron chi connectivity index (χ3n) is 3.58. The predicted molar refractivity (Wildman–Crippen MR) is 80.2 cm³/mol. The molecule has 0 aliphatic carbocycles. The summed E-state index contributed by atoms with van der Waals surface area (Å²) in [6, 6.07) is 3.55. The molecule has 1 aliphatic heterocycles. The quantitative estimate of drug-likeness (QED) is 0.901. The van der Waals surface area contributed by atoms with Gasteiger partial charge in [0, 0.05) is 32.6 Å². The minimum Gasteiger partial charge on any atom is -0.368 e. The molecule has 1 N–H and O–H groups in total. The summed E-state index contributed by atoms with van der Waals surface area (Å²) in [5.41, 5.74) is 0.963. The Hall–Kier alpha value is -2.48. The summed E-state index contributed by atoms with van der Waals surface area (Å²) in [6.45, 7) is 1.41. The van der Waals surface area contributed by atoms with Crippen molar-refractivity contribution in [2.24, 2.45) is 0 Å². The molecule has 122 valence electrons. The van der Waals surface area contributed by atoms with Crippen LogP contribution in [0.5, 0.6) is 0 Å². The summed E-state index contributed by atoms with van der Waals surface area (Å²) in [4.78, 5) is 21.9. The van der Waals surface area contributed by atoms with Crippen LogP contribution in [0.2, 0.25) is 0 Å².